The van der Waals surface area contributed by atoms with Crippen LogP contribution in [0.25, 0.3) is 15.8 Å². The highest BCUT2D eigenvalue weighted by Crippen LogP contribution is 2.34. The van der Waals surface area contributed by atoms with Gasteiger partial charge in [-0.25, -0.2) is 14.2 Å². The van der Waals surface area contributed by atoms with Gasteiger partial charge < -0.3 is 4.74 Å². The summed E-state index contributed by atoms with van der Waals surface area (Å²) in [6.45, 7) is 1.65. The van der Waals surface area contributed by atoms with Crippen molar-refractivity contribution in [2.24, 2.45) is 7.05 Å². The lowest BCUT2D eigenvalue weighted by molar-refractivity contribution is -0.144. The third kappa shape index (κ3) is 3.16. The Morgan fingerprint density at radius 1 is 1.22 bits per heavy atom. The van der Waals surface area contributed by atoms with E-state index in [-0.39, 0.29) is 17.2 Å². The molecule has 3 rings (SSSR count). The molecule has 0 saturated heterocycles. The van der Waals surface area contributed by atoms with Crippen LogP contribution >= 0.6 is 11.3 Å². The zero-order valence-electron chi connectivity index (χ0n) is 14.2. The van der Waals surface area contributed by atoms with Crippen LogP contribution < -0.4 is 11.2 Å². The number of thiophene rings is 1. The zero-order chi connectivity index (χ0) is 19.9. The van der Waals surface area contributed by atoms with E-state index in [1.54, 1.807) is 31.2 Å². The number of rotatable bonds is 3. The van der Waals surface area contributed by atoms with Crippen molar-refractivity contribution in [3.63, 3.8) is 0 Å². The molecule has 0 bridgehead atoms. The minimum Gasteiger partial charge on any atom is -0.462 e. The first-order chi connectivity index (χ1) is 12.7. The van der Waals surface area contributed by atoms with E-state index in [2.05, 4.69) is 0 Å². The van der Waals surface area contributed by atoms with Crippen LogP contribution in [0, 0.1) is 0 Å². The molecule has 0 aliphatic carbocycles. The molecule has 0 radical (unpaired) electrons. The Hall–Kier alpha value is -2.88. The number of aromatic nitrogens is 2. The first kappa shape index (κ1) is 18.9. The van der Waals surface area contributed by atoms with Crippen molar-refractivity contribution in [3.05, 3.63) is 61.7 Å². The number of hydrogen-bond acceptors (Lipinski definition) is 5. The van der Waals surface area contributed by atoms with Gasteiger partial charge in [0, 0.05) is 23.2 Å². The average molecular weight is 398 g/mol. The fraction of sp³-hybridized carbons (Fsp3) is 0.235. The first-order valence-electron chi connectivity index (χ1n) is 7.76. The number of ether oxygens (including phenoxy) is 1. The van der Waals surface area contributed by atoms with Crippen LogP contribution in [0.5, 0.6) is 0 Å². The number of carbonyl (C=O) groups is 1. The van der Waals surface area contributed by atoms with Crippen molar-refractivity contribution < 1.29 is 22.7 Å². The van der Waals surface area contributed by atoms with E-state index < -0.39 is 29.1 Å². The van der Waals surface area contributed by atoms with E-state index >= 15 is 0 Å². The summed E-state index contributed by atoms with van der Waals surface area (Å²) in [5, 5.41) is 0.393. The maximum atomic E-state index is 13.1. The summed E-state index contributed by atoms with van der Waals surface area (Å²) < 4.78 is 45.7. The van der Waals surface area contributed by atoms with Crippen LogP contribution in [0.2, 0.25) is 0 Å². The quantitative estimate of drug-likeness (QED) is 0.636. The molecule has 3 aromatic rings. The standard InChI is InChI=1S/C17H13F3N2O4S/c1-3-26-15(24)14-13(9-6-4-5-7-10(9)27-14)22-12(23)8-11(17(18,19)20)21(2)16(22)25/h4-8H,3H2,1-2H3. The predicted octanol–water partition coefficient (Wildman–Crippen LogP) is 2.95. The van der Waals surface area contributed by atoms with Gasteiger partial charge in [0.05, 0.1) is 12.3 Å². The maximum Gasteiger partial charge on any atom is 0.431 e. The van der Waals surface area contributed by atoms with E-state index in [1.165, 1.54) is 0 Å². The Kier molecular flexibility index (Phi) is 4.68. The predicted molar refractivity (Wildman–Crippen MR) is 93.6 cm³/mol. The molecule has 0 amide bonds. The smallest absolute Gasteiger partial charge is 0.431 e. The highest BCUT2D eigenvalue weighted by molar-refractivity contribution is 7.21. The number of alkyl halides is 3. The number of esters is 1. The molecule has 142 valence electrons. The van der Waals surface area contributed by atoms with Gasteiger partial charge in [-0.1, -0.05) is 18.2 Å². The summed E-state index contributed by atoms with van der Waals surface area (Å²) in [5.41, 5.74) is -3.83. The highest BCUT2D eigenvalue weighted by Gasteiger charge is 2.35. The minimum absolute atomic E-state index is 0.0305. The summed E-state index contributed by atoms with van der Waals surface area (Å²) in [5.74, 6) is -0.762. The van der Waals surface area contributed by atoms with E-state index in [0.717, 1.165) is 18.4 Å². The number of fused-ring (bicyclic) bond motifs is 1. The Bertz CT molecular complexity index is 1160. The van der Waals surface area contributed by atoms with Crippen LogP contribution in [0.3, 0.4) is 0 Å². The van der Waals surface area contributed by atoms with Crippen molar-refractivity contribution in [2.45, 2.75) is 13.1 Å². The van der Waals surface area contributed by atoms with Gasteiger partial charge in [0.15, 0.2) is 0 Å². The second-order valence-corrected chi connectivity index (χ2v) is 6.59. The van der Waals surface area contributed by atoms with E-state index in [4.69, 9.17) is 4.74 Å². The fourth-order valence-corrected chi connectivity index (χ4v) is 3.77. The molecule has 2 aromatic heterocycles. The lowest BCUT2D eigenvalue weighted by atomic mass is 10.2. The third-order valence-corrected chi connectivity index (χ3v) is 5.00. The van der Waals surface area contributed by atoms with Gasteiger partial charge in [-0.2, -0.15) is 13.2 Å². The second kappa shape index (κ2) is 6.69. The molecule has 6 nitrogen and oxygen atoms in total. The zero-order valence-corrected chi connectivity index (χ0v) is 15.0. The molecular formula is C17H13F3N2O4S. The van der Waals surface area contributed by atoms with Gasteiger partial charge >= 0.3 is 17.8 Å². The lowest BCUT2D eigenvalue weighted by Gasteiger charge is -2.14. The SMILES string of the molecule is CCOC(=O)c1sc2ccccc2c1-n1c(=O)cc(C(F)(F)F)n(C)c1=O. The largest absolute Gasteiger partial charge is 0.462 e. The van der Waals surface area contributed by atoms with Crippen molar-refractivity contribution in [3.8, 4) is 5.69 Å². The Labute approximate surface area is 154 Å². The van der Waals surface area contributed by atoms with Crippen LogP contribution in [0.1, 0.15) is 22.3 Å². The number of nitrogens with zero attached hydrogens (tertiary/aromatic N) is 2. The molecule has 0 aliphatic heterocycles. The molecule has 2 heterocycles. The molecule has 0 spiro atoms. The van der Waals surface area contributed by atoms with Gasteiger partial charge in [-0.05, 0) is 13.0 Å². The minimum atomic E-state index is -4.87. The molecule has 0 fully saturated rings. The Morgan fingerprint density at radius 2 is 1.89 bits per heavy atom. The van der Waals surface area contributed by atoms with E-state index in [9.17, 15) is 27.6 Å². The van der Waals surface area contributed by atoms with Gasteiger partial charge in [0.25, 0.3) is 5.56 Å². The summed E-state index contributed by atoms with van der Waals surface area (Å²) in [6.07, 6.45) is -4.87. The summed E-state index contributed by atoms with van der Waals surface area (Å²) in [6, 6.07) is 6.92. The average Bonchev–Trinajstić information content (AvgIpc) is 2.97. The first-order valence-corrected chi connectivity index (χ1v) is 8.57. The maximum absolute atomic E-state index is 13.1. The molecule has 1 aromatic carbocycles. The van der Waals surface area contributed by atoms with Crippen molar-refractivity contribution in [1.82, 2.24) is 9.13 Å². The number of benzene rings is 1. The molecule has 0 N–H and O–H groups in total. The summed E-state index contributed by atoms with van der Waals surface area (Å²) in [4.78, 5) is 37.3. The monoisotopic (exact) mass is 398 g/mol. The van der Waals surface area contributed by atoms with Crippen LogP contribution in [0.15, 0.2) is 39.9 Å². The molecule has 10 heteroatoms. The number of carbonyl (C=O) groups excluding carboxylic acids is 1. The van der Waals surface area contributed by atoms with Crippen LogP contribution in [-0.2, 0) is 18.0 Å². The highest BCUT2D eigenvalue weighted by atomic mass is 32.1. The summed E-state index contributed by atoms with van der Waals surface area (Å²) >= 11 is 0.995. The van der Waals surface area contributed by atoms with Crippen molar-refractivity contribution >= 4 is 27.4 Å². The van der Waals surface area contributed by atoms with E-state index in [1.807, 2.05) is 0 Å². The summed E-state index contributed by atoms with van der Waals surface area (Å²) in [7, 11) is 0.916. The Balaban J connectivity index is 2.42. The second-order valence-electron chi connectivity index (χ2n) is 5.54. The van der Waals surface area contributed by atoms with Crippen LogP contribution in [-0.4, -0.2) is 21.7 Å². The van der Waals surface area contributed by atoms with Crippen molar-refractivity contribution in [2.75, 3.05) is 6.61 Å². The molecule has 27 heavy (non-hydrogen) atoms. The van der Waals surface area contributed by atoms with Gasteiger partial charge in [-0.15, -0.1) is 11.3 Å². The van der Waals surface area contributed by atoms with Gasteiger partial charge in [0.2, 0.25) is 0 Å². The van der Waals surface area contributed by atoms with Gasteiger partial charge in [-0.3, -0.25) is 9.36 Å². The van der Waals surface area contributed by atoms with Gasteiger partial charge in [0.1, 0.15) is 10.6 Å². The Morgan fingerprint density at radius 3 is 2.52 bits per heavy atom. The lowest BCUT2D eigenvalue weighted by Crippen LogP contribution is -2.41. The van der Waals surface area contributed by atoms with Crippen molar-refractivity contribution in [1.29, 1.82) is 0 Å². The normalized spacial score (nSPS) is 11.7. The van der Waals surface area contributed by atoms with Crippen LogP contribution in [0.4, 0.5) is 13.2 Å². The fourth-order valence-electron chi connectivity index (χ4n) is 2.69. The molecule has 0 unspecified atom stereocenters. The number of halogens is 3. The molecular weight excluding hydrogens is 385 g/mol. The molecule has 0 aliphatic rings. The molecule has 0 saturated carbocycles. The van der Waals surface area contributed by atoms with E-state index in [0.29, 0.717) is 25.3 Å². The molecule has 0 atom stereocenters. The topological polar surface area (TPSA) is 70.3 Å². The third-order valence-electron chi connectivity index (χ3n) is 3.86. The number of hydrogen-bond donors (Lipinski definition) is 0.